The smallest absolute Gasteiger partial charge is 0.251 e. The summed E-state index contributed by atoms with van der Waals surface area (Å²) in [5, 5.41) is 14.6. The third kappa shape index (κ3) is 2.44. The average Bonchev–Trinajstić information content (AvgIpc) is 3.03. The minimum Gasteiger partial charge on any atom is -0.384 e. The monoisotopic (exact) mass is 402 g/mol. The van der Waals surface area contributed by atoms with E-state index in [1.807, 2.05) is 4.68 Å². The van der Waals surface area contributed by atoms with E-state index in [-0.39, 0.29) is 11.9 Å². The van der Waals surface area contributed by atoms with Gasteiger partial charge in [-0.05, 0) is 35.9 Å². The fourth-order valence-electron chi connectivity index (χ4n) is 2.61. The number of nitrogens with zero attached hydrogens (tertiary/aromatic N) is 5. The molecule has 21 heavy (non-hydrogen) atoms. The van der Waals surface area contributed by atoms with Gasteiger partial charge < -0.3 is 15.7 Å². The van der Waals surface area contributed by atoms with E-state index in [0.717, 1.165) is 15.5 Å². The van der Waals surface area contributed by atoms with E-state index < -0.39 is 6.10 Å². The van der Waals surface area contributed by atoms with Crippen LogP contribution in [-0.2, 0) is 4.79 Å². The summed E-state index contributed by atoms with van der Waals surface area (Å²) in [7, 11) is 0. The normalized spacial score (nSPS) is 20.1. The van der Waals surface area contributed by atoms with E-state index in [1.165, 1.54) is 13.3 Å². The molecule has 3 heterocycles. The van der Waals surface area contributed by atoms with Crippen molar-refractivity contribution >= 4 is 45.3 Å². The Balaban J connectivity index is 1.93. The van der Waals surface area contributed by atoms with Gasteiger partial charge in [0.05, 0.1) is 11.4 Å². The predicted molar refractivity (Wildman–Crippen MR) is 84.4 cm³/mol. The molecule has 0 aromatic carbocycles. The van der Waals surface area contributed by atoms with E-state index in [1.54, 1.807) is 4.90 Å². The molecule has 2 aromatic rings. The van der Waals surface area contributed by atoms with Crippen LogP contribution in [0.25, 0.3) is 11.0 Å². The Hall–Kier alpha value is -1.49. The summed E-state index contributed by atoms with van der Waals surface area (Å²) in [5.41, 5.74) is 6.56. The number of aliphatic hydroxyl groups excluding tert-OH is 1. The van der Waals surface area contributed by atoms with Gasteiger partial charge in [-0.2, -0.15) is 5.10 Å². The fourth-order valence-corrected chi connectivity index (χ4v) is 3.36. The number of carbonyl (C=O) groups excluding carboxylic acids is 1. The highest BCUT2D eigenvalue weighted by molar-refractivity contribution is 14.1. The van der Waals surface area contributed by atoms with Gasteiger partial charge in [-0.1, -0.05) is 0 Å². The largest absolute Gasteiger partial charge is 0.384 e. The number of carbonyl (C=O) groups is 1. The highest BCUT2D eigenvalue weighted by Gasteiger charge is 2.31. The second kappa shape index (κ2) is 5.37. The second-order valence-corrected chi connectivity index (χ2v) is 6.12. The topological polar surface area (TPSA) is 110 Å². The Labute approximate surface area is 134 Å². The van der Waals surface area contributed by atoms with Crippen LogP contribution in [0.4, 0.5) is 5.82 Å². The number of amides is 1. The molecule has 0 unspecified atom stereocenters. The van der Waals surface area contributed by atoms with Crippen LogP contribution in [0.5, 0.6) is 0 Å². The first kappa shape index (κ1) is 14.4. The number of anilines is 1. The molecular weight excluding hydrogens is 387 g/mol. The molecule has 2 atom stereocenters. The molecule has 0 saturated carbocycles. The summed E-state index contributed by atoms with van der Waals surface area (Å²) in [5.74, 6) is 0.156. The van der Waals surface area contributed by atoms with Crippen molar-refractivity contribution in [2.45, 2.75) is 25.5 Å². The highest BCUT2D eigenvalue weighted by atomic mass is 127. The molecule has 9 heteroatoms. The Morgan fingerprint density at radius 3 is 3.05 bits per heavy atom. The van der Waals surface area contributed by atoms with E-state index in [0.29, 0.717) is 24.6 Å². The summed E-state index contributed by atoms with van der Waals surface area (Å²) in [6.07, 6.45) is 1.21. The molecule has 2 aromatic heterocycles. The number of halogens is 1. The van der Waals surface area contributed by atoms with Gasteiger partial charge in [0.2, 0.25) is 0 Å². The van der Waals surface area contributed by atoms with Crippen LogP contribution in [0.2, 0.25) is 0 Å². The van der Waals surface area contributed by atoms with Crippen molar-refractivity contribution in [3.8, 4) is 0 Å². The zero-order valence-corrected chi connectivity index (χ0v) is 13.6. The van der Waals surface area contributed by atoms with Gasteiger partial charge in [-0.25, -0.2) is 14.6 Å². The van der Waals surface area contributed by atoms with Crippen molar-refractivity contribution in [2.75, 3.05) is 18.8 Å². The predicted octanol–water partition coefficient (Wildman–Crippen LogP) is 0.167. The van der Waals surface area contributed by atoms with Gasteiger partial charge in [0, 0.05) is 13.1 Å². The van der Waals surface area contributed by atoms with Crippen LogP contribution >= 0.6 is 22.6 Å². The van der Waals surface area contributed by atoms with Gasteiger partial charge in [0.1, 0.15) is 21.9 Å². The number of likely N-dealkylation sites (tertiary alicyclic amines) is 1. The zero-order valence-electron chi connectivity index (χ0n) is 11.4. The maximum Gasteiger partial charge on any atom is 0.251 e. The molecule has 0 aliphatic carbocycles. The molecule has 3 rings (SSSR count). The standard InChI is InChI=1S/C12H15IN6O2/c1-6(20)12(21)18-3-2-7(4-18)19-11-8(9(13)17-19)10(14)15-5-16-11/h5-7,20H,2-4H2,1H3,(H2,14,15,16)/t6-,7+/m0/s1. The Bertz CT molecular complexity index is 700. The number of hydrogen-bond acceptors (Lipinski definition) is 6. The second-order valence-electron chi connectivity index (χ2n) is 5.10. The molecule has 1 saturated heterocycles. The molecule has 1 fully saturated rings. The number of hydrogen-bond donors (Lipinski definition) is 2. The first-order valence-electron chi connectivity index (χ1n) is 6.60. The van der Waals surface area contributed by atoms with Gasteiger partial charge >= 0.3 is 0 Å². The minimum atomic E-state index is -0.976. The van der Waals surface area contributed by atoms with Gasteiger partial charge in [-0.3, -0.25) is 4.79 Å². The lowest BCUT2D eigenvalue weighted by Gasteiger charge is -2.18. The maximum atomic E-state index is 11.8. The summed E-state index contributed by atoms with van der Waals surface area (Å²) < 4.78 is 2.56. The number of aliphatic hydroxyl groups is 1. The van der Waals surface area contributed by atoms with Crippen molar-refractivity contribution in [1.82, 2.24) is 24.6 Å². The molecule has 112 valence electrons. The minimum absolute atomic E-state index is 0.0352. The first-order valence-corrected chi connectivity index (χ1v) is 7.68. The summed E-state index contributed by atoms with van der Waals surface area (Å²) in [4.78, 5) is 21.7. The van der Waals surface area contributed by atoms with Crippen molar-refractivity contribution < 1.29 is 9.90 Å². The van der Waals surface area contributed by atoms with Crippen LogP contribution in [0.1, 0.15) is 19.4 Å². The third-order valence-corrected chi connectivity index (χ3v) is 4.41. The average molecular weight is 402 g/mol. The first-order chi connectivity index (χ1) is 9.99. The molecular formula is C12H15IN6O2. The molecule has 0 spiro atoms. The number of nitrogens with two attached hydrogens (primary N) is 1. The SMILES string of the molecule is C[C@H](O)C(=O)N1CC[C@@H](n2nc(I)c3c(N)ncnc32)C1. The molecule has 1 aliphatic rings. The van der Waals surface area contributed by atoms with Crippen molar-refractivity contribution in [3.05, 3.63) is 10.0 Å². The Morgan fingerprint density at radius 2 is 2.33 bits per heavy atom. The molecule has 0 radical (unpaired) electrons. The molecule has 0 bridgehead atoms. The third-order valence-electron chi connectivity index (χ3n) is 3.65. The number of rotatable bonds is 2. The molecule has 3 N–H and O–H groups in total. The van der Waals surface area contributed by atoms with E-state index >= 15 is 0 Å². The van der Waals surface area contributed by atoms with Crippen LogP contribution in [0, 0.1) is 3.70 Å². The van der Waals surface area contributed by atoms with Gasteiger partial charge in [0.25, 0.3) is 5.91 Å². The van der Waals surface area contributed by atoms with Crippen LogP contribution < -0.4 is 5.73 Å². The van der Waals surface area contributed by atoms with Gasteiger partial charge in [-0.15, -0.1) is 0 Å². The van der Waals surface area contributed by atoms with Gasteiger partial charge in [0.15, 0.2) is 5.65 Å². The lowest BCUT2D eigenvalue weighted by molar-refractivity contribution is -0.138. The Kier molecular flexibility index (Phi) is 3.69. The summed E-state index contributed by atoms with van der Waals surface area (Å²) >= 11 is 2.11. The lowest BCUT2D eigenvalue weighted by Crippen LogP contribution is -2.36. The number of nitrogen functional groups attached to an aromatic ring is 1. The summed E-state index contributed by atoms with van der Waals surface area (Å²) in [6.45, 7) is 2.60. The molecule has 8 nitrogen and oxygen atoms in total. The fraction of sp³-hybridized carbons (Fsp3) is 0.500. The van der Waals surface area contributed by atoms with E-state index in [2.05, 4.69) is 37.7 Å². The van der Waals surface area contributed by atoms with E-state index in [9.17, 15) is 9.90 Å². The molecule has 1 amide bonds. The lowest BCUT2D eigenvalue weighted by atomic mass is 10.2. The quantitative estimate of drug-likeness (QED) is 0.693. The molecule has 1 aliphatic heterocycles. The van der Waals surface area contributed by atoms with Crippen molar-refractivity contribution in [3.63, 3.8) is 0 Å². The van der Waals surface area contributed by atoms with E-state index in [4.69, 9.17) is 5.73 Å². The van der Waals surface area contributed by atoms with Crippen LogP contribution in [-0.4, -0.2) is 54.9 Å². The van der Waals surface area contributed by atoms with Crippen LogP contribution in [0.3, 0.4) is 0 Å². The Morgan fingerprint density at radius 1 is 1.57 bits per heavy atom. The number of aromatic nitrogens is 4. The maximum absolute atomic E-state index is 11.8. The van der Waals surface area contributed by atoms with Crippen molar-refractivity contribution in [1.29, 1.82) is 0 Å². The van der Waals surface area contributed by atoms with Crippen LogP contribution in [0.15, 0.2) is 6.33 Å². The zero-order chi connectivity index (χ0) is 15.1. The summed E-state index contributed by atoms with van der Waals surface area (Å²) in [6, 6.07) is 0.0352. The highest BCUT2D eigenvalue weighted by Crippen LogP contribution is 2.29. The van der Waals surface area contributed by atoms with Crippen molar-refractivity contribution in [2.24, 2.45) is 0 Å². The number of fused-ring (bicyclic) bond motifs is 1.